The van der Waals surface area contributed by atoms with Crippen molar-refractivity contribution in [2.75, 3.05) is 25.1 Å². The highest BCUT2D eigenvalue weighted by Crippen LogP contribution is 2.36. The molecule has 0 spiro atoms. The smallest absolute Gasteiger partial charge is 0.195 e. The molecule has 1 fully saturated rings. The van der Waals surface area contributed by atoms with Crippen LogP contribution in [0.15, 0.2) is 67.0 Å². The van der Waals surface area contributed by atoms with Crippen LogP contribution in [-0.4, -0.2) is 52.8 Å². The zero-order chi connectivity index (χ0) is 24.9. The van der Waals surface area contributed by atoms with Gasteiger partial charge < -0.3 is 29.6 Å². The van der Waals surface area contributed by atoms with Crippen LogP contribution >= 0.6 is 0 Å². The van der Waals surface area contributed by atoms with Crippen molar-refractivity contribution in [3.05, 3.63) is 78.1 Å². The number of nitrogens with one attached hydrogen (secondary N) is 2. The number of carbonyl (C=O) groups is 1. The Morgan fingerprint density at radius 1 is 1.14 bits per heavy atom. The van der Waals surface area contributed by atoms with Crippen LogP contribution in [0, 0.1) is 0 Å². The minimum atomic E-state index is -0.134. The molecular formula is C28H29N3O5. The van der Waals surface area contributed by atoms with Crippen molar-refractivity contribution in [2.45, 2.75) is 31.9 Å². The maximum atomic E-state index is 13.6. The summed E-state index contributed by atoms with van der Waals surface area (Å²) >= 11 is 0. The van der Waals surface area contributed by atoms with Crippen LogP contribution in [0.25, 0.3) is 11.0 Å². The summed E-state index contributed by atoms with van der Waals surface area (Å²) in [6, 6.07) is 16.6. The summed E-state index contributed by atoms with van der Waals surface area (Å²) in [5, 5.41) is 13.6. The average molecular weight is 488 g/mol. The molecule has 1 saturated heterocycles. The van der Waals surface area contributed by atoms with E-state index in [2.05, 4.69) is 15.3 Å². The van der Waals surface area contributed by atoms with Crippen molar-refractivity contribution in [3.8, 4) is 17.2 Å². The minimum Gasteiger partial charge on any atom is -0.490 e. The van der Waals surface area contributed by atoms with Crippen molar-refractivity contribution in [1.29, 1.82) is 0 Å². The Labute approximate surface area is 209 Å². The van der Waals surface area contributed by atoms with Gasteiger partial charge in [0.05, 0.1) is 48.8 Å². The molecule has 4 aromatic rings. The molecule has 8 heteroatoms. The van der Waals surface area contributed by atoms with E-state index in [1.54, 1.807) is 36.7 Å². The molecule has 1 aliphatic heterocycles. The topological polar surface area (TPSA) is 106 Å². The lowest BCUT2D eigenvalue weighted by Gasteiger charge is -2.30. The summed E-state index contributed by atoms with van der Waals surface area (Å²) < 4.78 is 17.5. The number of aliphatic hydroxyl groups excluding tert-OH is 1. The number of pyridine rings is 1. The number of ketones is 1. The Bertz CT molecular complexity index is 1310. The van der Waals surface area contributed by atoms with Gasteiger partial charge in [0.2, 0.25) is 0 Å². The highest BCUT2D eigenvalue weighted by atomic mass is 16.5. The zero-order valence-electron chi connectivity index (χ0n) is 20.1. The molecule has 36 heavy (non-hydrogen) atoms. The molecule has 2 atom stereocenters. The van der Waals surface area contributed by atoms with Gasteiger partial charge >= 0.3 is 0 Å². The minimum absolute atomic E-state index is 0.0159. The van der Waals surface area contributed by atoms with Crippen molar-refractivity contribution in [1.82, 2.24) is 9.97 Å². The second-order valence-corrected chi connectivity index (χ2v) is 8.68. The Morgan fingerprint density at radius 3 is 2.61 bits per heavy atom. The second-order valence-electron chi connectivity index (χ2n) is 8.68. The number of H-pyrrole nitrogens is 1. The number of hydrogen-bond donors (Lipinski definition) is 3. The van der Waals surface area contributed by atoms with E-state index in [1.807, 2.05) is 37.3 Å². The van der Waals surface area contributed by atoms with Crippen molar-refractivity contribution < 1.29 is 24.1 Å². The fourth-order valence-electron chi connectivity index (χ4n) is 4.39. The Morgan fingerprint density at radius 2 is 1.92 bits per heavy atom. The zero-order valence-corrected chi connectivity index (χ0v) is 20.1. The summed E-state index contributed by atoms with van der Waals surface area (Å²) in [4.78, 5) is 21.2. The highest BCUT2D eigenvalue weighted by molar-refractivity contribution is 6.19. The average Bonchev–Trinajstić information content (AvgIpc) is 3.36. The fraction of sp³-hybridized carbons (Fsp3) is 0.286. The number of anilines is 1. The summed E-state index contributed by atoms with van der Waals surface area (Å²) in [6.07, 6.45) is 4.80. The van der Waals surface area contributed by atoms with E-state index in [9.17, 15) is 9.90 Å². The van der Waals surface area contributed by atoms with Crippen LogP contribution in [-0.2, 0) is 4.74 Å². The van der Waals surface area contributed by atoms with Gasteiger partial charge in [0.1, 0.15) is 17.1 Å². The molecule has 8 nitrogen and oxygen atoms in total. The maximum absolute atomic E-state index is 13.6. The molecule has 0 aliphatic carbocycles. The first-order valence-electron chi connectivity index (χ1n) is 12.2. The molecule has 2 aromatic carbocycles. The van der Waals surface area contributed by atoms with Crippen molar-refractivity contribution in [2.24, 2.45) is 0 Å². The van der Waals surface area contributed by atoms with E-state index >= 15 is 0 Å². The third-order valence-corrected chi connectivity index (χ3v) is 6.23. The number of aliphatic hydroxyl groups is 1. The molecule has 0 amide bonds. The highest BCUT2D eigenvalue weighted by Gasteiger charge is 2.26. The standard InChI is InChI=1S/C28H29N3O5/c1-2-34-24-15-30-28-25(26(24)31-19-10-13-22(16-32)35-17-19)23(14-29-28)27(33)18-8-11-21(12-9-18)36-20-6-4-3-5-7-20/h3-9,11-12,14-15,19,22,32H,2,10,13,16-17H2,1H3,(H2,29,30,31)/t19-,22+/m1/s1. The number of aromatic nitrogens is 2. The summed E-state index contributed by atoms with van der Waals surface area (Å²) in [5.74, 6) is 1.83. The first-order valence-corrected chi connectivity index (χ1v) is 12.2. The number of aromatic amines is 1. The van der Waals surface area contributed by atoms with Gasteiger partial charge in [0.15, 0.2) is 11.5 Å². The first kappa shape index (κ1) is 23.8. The van der Waals surface area contributed by atoms with E-state index < -0.39 is 0 Å². The van der Waals surface area contributed by atoms with Gasteiger partial charge in [0.25, 0.3) is 0 Å². The van der Waals surface area contributed by atoms with Gasteiger partial charge in [-0.2, -0.15) is 0 Å². The van der Waals surface area contributed by atoms with Crippen LogP contribution < -0.4 is 14.8 Å². The second kappa shape index (κ2) is 10.8. The summed E-state index contributed by atoms with van der Waals surface area (Å²) in [5.41, 5.74) is 2.35. The van der Waals surface area contributed by atoms with E-state index in [-0.39, 0.29) is 24.5 Å². The largest absolute Gasteiger partial charge is 0.490 e. The third kappa shape index (κ3) is 5.05. The number of nitrogens with zero attached hydrogens (tertiary/aromatic N) is 1. The maximum Gasteiger partial charge on any atom is 0.195 e. The molecule has 5 rings (SSSR count). The van der Waals surface area contributed by atoms with Gasteiger partial charge in [-0.05, 0) is 56.2 Å². The fourth-order valence-corrected chi connectivity index (χ4v) is 4.39. The van der Waals surface area contributed by atoms with Gasteiger partial charge in [0, 0.05) is 17.8 Å². The summed E-state index contributed by atoms with van der Waals surface area (Å²) in [7, 11) is 0. The number of hydrogen-bond acceptors (Lipinski definition) is 7. The number of carbonyl (C=O) groups excluding carboxylic acids is 1. The number of ether oxygens (including phenoxy) is 3. The van der Waals surface area contributed by atoms with E-state index in [4.69, 9.17) is 14.2 Å². The molecule has 3 heterocycles. The number of para-hydroxylation sites is 1. The van der Waals surface area contributed by atoms with Gasteiger partial charge in [-0.25, -0.2) is 4.98 Å². The van der Waals surface area contributed by atoms with Crippen molar-refractivity contribution >= 4 is 22.5 Å². The lowest BCUT2D eigenvalue weighted by Crippen LogP contribution is -2.36. The molecule has 186 valence electrons. The third-order valence-electron chi connectivity index (χ3n) is 6.23. The molecule has 1 aliphatic rings. The predicted molar refractivity (Wildman–Crippen MR) is 137 cm³/mol. The van der Waals surface area contributed by atoms with E-state index in [0.717, 1.165) is 18.6 Å². The Hall–Kier alpha value is -3.88. The van der Waals surface area contributed by atoms with Crippen LogP contribution in [0.5, 0.6) is 17.2 Å². The molecule has 0 saturated carbocycles. The molecule has 0 unspecified atom stereocenters. The van der Waals surface area contributed by atoms with Crippen LogP contribution in [0.4, 0.5) is 5.69 Å². The molecule has 0 bridgehead atoms. The lowest BCUT2D eigenvalue weighted by atomic mass is 10.0. The molecule has 3 N–H and O–H groups in total. The normalized spacial score (nSPS) is 17.6. The number of benzene rings is 2. The summed E-state index contributed by atoms with van der Waals surface area (Å²) in [6.45, 7) is 2.84. The van der Waals surface area contributed by atoms with Crippen LogP contribution in [0.1, 0.15) is 35.7 Å². The monoisotopic (exact) mass is 487 g/mol. The van der Waals surface area contributed by atoms with Gasteiger partial charge in [-0.15, -0.1) is 0 Å². The number of rotatable bonds is 9. The lowest BCUT2D eigenvalue weighted by molar-refractivity contribution is -0.0223. The SMILES string of the molecule is CCOc1cnc2[nH]cc(C(=O)c3ccc(Oc4ccccc4)cc3)c2c1N[C@@H]1CC[C@@H](CO)OC1. The number of fused-ring (bicyclic) bond motifs is 1. The van der Waals surface area contributed by atoms with E-state index in [0.29, 0.717) is 52.6 Å². The van der Waals surface area contributed by atoms with Gasteiger partial charge in [-0.3, -0.25) is 4.79 Å². The Kier molecular flexibility index (Phi) is 7.16. The predicted octanol–water partition coefficient (Wildman–Crippen LogP) is 4.94. The molecule has 2 aromatic heterocycles. The first-order chi connectivity index (χ1) is 17.7. The quantitative estimate of drug-likeness (QED) is 0.287. The molecule has 0 radical (unpaired) electrons. The van der Waals surface area contributed by atoms with Gasteiger partial charge in [-0.1, -0.05) is 18.2 Å². The Balaban J connectivity index is 1.43. The molecular weight excluding hydrogens is 458 g/mol. The van der Waals surface area contributed by atoms with Crippen LogP contribution in [0.3, 0.4) is 0 Å². The van der Waals surface area contributed by atoms with Crippen LogP contribution in [0.2, 0.25) is 0 Å². The van der Waals surface area contributed by atoms with Crippen molar-refractivity contribution in [3.63, 3.8) is 0 Å². The van der Waals surface area contributed by atoms with E-state index in [1.165, 1.54) is 0 Å².